The first-order valence-corrected chi connectivity index (χ1v) is 8.03. The fourth-order valence-corrected chi connectivity index (χ4v) is 3.76. The third-order valence-electron chi connectivity index (χ3n) is 3.38. The SMILES string of the molecule is Cc1cc2c(N3CC(CCl)OC(C)(C)C3)ncnc2s1. The molecule has 1 fully saturated rings. The van der Waals surface area contributed by atoms with Crippen molar-refractivity contribution in [3.05, 3.63) is 17.3 Å². The van der Waals surface area contributed by atoms with Gasteiger partial charge in [0.05, 0.1) is 23.0 Å². The molecule has 2 aromatic heterocycles. The molecule has 0 radical (unpaired) electrons. The summed E-state index contributed by atoms with van der Waals surface area (Å²) in [6, 6.07) is 2.16. The average Bonchev–Trinajstić information content (AvgIpc) is 2.76. The molecule has 0 aromatic carbocycles. The highest BCUT2D eigenvalue weighted by atomic mass is 35.5. The first kappa shape index (κ1) is 14.0. The Hall–Kier alpha value is -0.910. The normalized spacial score (nSPS) is 22.4. The van der Waals surface area contributed by atoms with E-state index >= 15 is 0 Å². The van der Waals surface area contributed by atoms with Gasteiger partial charge >= 0.3 is 0 Å². The summed E-state index contributed by atoms with van der Waals surface area (Å²) in [6.45, 7) is 7.86. The van der Waals surface area contributed by atoms with Crippen molar-refractivity contribution in [2.45, 2.75) is 32.5 Å². The minimum absolute atomic E-state index is 0.0326. The molecule has 1 atom stereocenters. The van der Waals surface area contributed by atoms with E-state index in [0.29, 0.717) is 5.88 Å². The zero-order chi connectivity index (χ0) is 14.3. The van der Waals surface area contributed by atoms with Crippen molar-refractivity contribution in [3.63, 3.8) is 0 Å². The molecule has 1 aliphatic rings. The van der Waals surface area contributed by atoms with Crippen LogP contribution in [0.3, 0.4) is 0 Å². The van der Waals surface area contributed by atoms with Crippen molar-refractivity contribution < 1.29 is 4.74 Å². The van der Waals surface area contributed by atoms with Gasteiger partial charge < -0.3 is 9.64 Å². The van der Waals surface area contributed by atoms with Crippen LogP contribution >= 0.6 is 22.9 Å². The van der Waals surface area contributed by atoms with E-state index in [1.165, 1.54) is 4.88 Å². The molecule has 1 aliphatic heterocycles. The van der Waals surface area contributed by atoms with Crippen molar-refractivity contribution in [1.29, 1.82) is 0 Å². The third-order valence-corrected chi connectivity index (χ3v) is 4.69. The predicted molar refractivity (Wildman–Crippen MR) is 84.0 cm³/mol. The molecular weight excluding hydrogens is 294 g/mol. The summed E-state index contributed by atoms with van der Waals surface area (Å²) in [7, 11) is 0. The number of thiophene rings is 1. The molecule has 0 aliphatic carbocycles. The number of nitrogens with zero attached hydrogens (tertiary/aromatic N) is 3. The van der Waals surface area contributed by atoms with Crippen LogP contribution < -0.4 is 4.90 Å². The Morgan fingerprint density at radius 3 is 3.05 bits per heavy atom. The molecular formula is C14H18ClN3OS. The molecule has 6 heteroatoms. The number of aromatic nitrogens is 2. The number of hydrogen-bond acceptors (Lipinski definition) is 5. The smallest absolute Gasteiger partial charge is 0.140 e. The Morgan fingerprint density at radius 2 is 2.30 bits per heavy atom. The van der Waals surface area contributed by atoms with E-state index in [1.54, 1.807) is 17.7 Å². The quantitative estimate of drug-likeness (QED) is 0.798. The van der Waals surface area contributed by atoms with Gasteiger partial charge in [0.1, 0.15) is 17.0 Å². The van der Waals surface area contributed by atoms with Crippen LogP contribution in [-0.4, -0.2) is 40.6 Å². The highest BCUT2D eigenvalue weighted by Gasteiger charge is 2.34. The molecule has 0 N–H and O–H groups in total. The van der Waals surface area contributed by atoms with Gasteiger partial charge in [-0.25, -0.2) is 9.97 Å². The van der Waals surface area contributed by atoms with Crippen LogP contribution in [0.15, 0.2) is 12.4 Å². The highest BCUT2D eigenvalue weighted by molar-refractivity contribution is 7.18. The van der Waals surface area contributed by atoms with E-state index in [0.717, 1.165) is 29.1 Å². The second-order valence-corrected chi connectivity index (χ2v) is 7.35. The molecule has 3 heterocycles. The Bertz CT molecular complexity index is 628. The first-order valence-electron chi connectivity index (χ1n) is 6.68. The maximum atomic E-state index is 6.00. The third kappa shape index (κ3) is 2.62. The van der Waals surface area contributed by atoms with Crippen LogP contribution in [0.25, 0.3) is 10.2 Å². The number of ether oxygens (including phenoxy) is 1. The monoisotopic (exact) mass is 311 g/mol. The second-order valence-electron chi connectivity index (χ2n) is 5.81. The number of fused-ring (bicyclic) bond motifs is 1. The van der Waals surface area contributed by atoms with Gasteiger partial charge in [-0.1, -0.05) is 0 Å². The molecule has 0 bridgehead atoms. The van der Waals surface area contributed by atoms with E-state index in [1.807, 2.05) is 0 Å². The average molecular weight is 312 g/mol. The molecule has 20 heavy (non-hydrogen) atoms. The largest absolute Gasteiger partial charge is 0.367 e. The molecule has 2 aromatic rings. The lowest BCUT2D eigenvalue weighted by atomic mass is 10.1. The predicted octanol–water partition coefficient (Wildman–Crippen LogP) is 3.22. The molecule has 1 unspecified atom stereocenters. The maximum Gasteiger partial charge on any atom is 0.140 e. The minimum atomic E-state index is -0.222. The number of rotatable bonds is 2. The minimum Gasteiger partial charge on any atom is -0.367 e. The van der Waals surface area contributed by atoms with Crippen LogP contribution in [0, 0.1) is 6.92 Å². The van der Waals surface area contributed by atoms with E-state index in [9.17, 15) is 0 Å². The molecule has 108 valence electrons. The lowest BCUT2D eigenvalue weighted by molar-refractivity contribution is -0.0735. The van der Waals surface area contributed by atoms with Crippen LogP contribution in [-0.2, 0) is 4.74 Å². The topological polar surface area (TPSA) is 38.2 Å². The second kappa shape index (κ2) is 5.13. The van der Waals surface area contributed by atoms with E-state index in [-0.39, 0.29) is 11.7 Å². The van der Waals surface area contributed by atoms with E-state index in [2.05, 4.69) is 41.7 Å². The van der Waals surface area contributed by atoms with Gasteiger partial charge in [0.25, 0.3) is 0 Å². The number of morpholine rings is 1. The summed E-state index contributed by atoms with van der Waals surface area (Å²) in [5.74, 6) is 1.49. The lowest BCUT2D eigenvalue weighted by Gasteiger charge is -2.43. The first-order chi connectivity index (χ1) is 9.48. The standard InChI is InChI=1S/C14H18ClN3OS/c1-9-4-11-12(16-8-17-13(11)20-9)18-6-10(5-15)19-14(2,3)7-18/h4,8,10H,5-7H2,1-3H3. The van der Waals surface area contributed by atoms with Crippen molar-refractivity contribution in [2.24, 2.45) is 0 Å². The Labute approximate surface area is 127 Å². The van der Waals surface area contributed by atoms with Crippen LogP contribution in [0.2, 0.25) is 0 Å². The molecule has 0 spiro atoms. The van der Waals surface area contributed by atoms with E-state index in [4.69, 9.17) is 16.3 Å². The van der Waals surface area contributed by atoms with Crippen molar-refractivity contribution >= 4 is 39.0 Å². The zero-order valence-electron chi connectivity index (χ0n) is 11.9. The van der Waals surface area contributed by atoms with Gasteiger partial charge in [-0.3, -0.25) is 0 Å². The molecule has 1 saturated heterocycles. The van der Waals surface area contributed by atoms with Gasteiger partial charge in [0.2, 0.25) is 0 Å². The maximum absolute atomic E-state index is 6.00. The fraction of sp³-hybridized carbons (Fsp3) is 0.571. The van der Waals surface area contributed by atoms with Gasteiger partial charge in [-0.2, -0.15) is 0 Å². The van der Waals surface area contributed by atoms with Gasteiger partial charge in [0.15, 0.2) is 0 Å². The van der Waals surface area contributed by atoms with Crippen LogP contribution in [0.4, 0.5) is 5.82 Å². The summed E-state index contributed by atoms with van der Waals surface area (Å²) in [5, 5.41) is 1.13. The van der Waals surface area contributed by atoms with Gasteiger partial charge in [-0.15, -0.1) is 22.9 Å². The van der Waals surface area contributed by atoms with Crippen LogP contribution in [0.1, 0.15) is 18.7 Å². The number of alkyl halides is 1. The van der Waals surface area contributed by atoms with Crippen LogP contribution in [0.5, 0.6) is 0 Å². The fourth-order valence-electron chi connectivity index (χ4n) is 2.75. The lowest BCUT2D eigenvalue weighted by Crippen LogP contribution is -2.53. The molecule has 0 saturated carbocycles. The van der Waals surface area contributed by atoms with E-state index < -0.39 is 0 Å². The summed E-state index contributed by atoms with van der Waals surface area (Å²) in [5.41, 5.74) is -0.222. The van der Waals surface area contributed by atoms with Crippen molar-refractivity contribution in [3.8, 4) is 0 Å². The Morgan fingerprint density at radius 1 is 1.50 bits per heavy atom. The Kier molecular flexibility index (Phi) is 3.60. The summed E-state index contributed by atoms with van der Waals surface area (Å²) >= 11 is 7.70. The highest BCUT2D eigenvalue weighted by Crippen LogP contribution is 2.33. The summed E-state index contributed by atoms with van der Waals surface area (Å²) < 4.78 is 5.98. The molecule has 4 nitrogen and oxygen atoms in total. The number of halogens is 1. The number of aryl methyl sites for hydroxylation is 1. The summed E-state index contributed by atoms with van der Waals surface area (Å²) in [6.07, 6.45) is 1.68. The van der Waals surface area contributed by atoms with Gasteiger partial charge in [0, 0.05) is 18.0 Å². The molecule has 3 rings (SSSR count). The zero-order valence-corrected chi connectivity index (χ0v) is 13.5. The van der Waals surface area contributed by atoms with Gasteiger partial charge in [-0.05, 0) is 26.8 Å². The van der Waals surface area contributed by atoms with Crippen molar-refractivity contribution in [1.82, 2.24) is 9.97 Å². The number of hydrogen-bond donors (Lipinski definition) is 0. The molecule has 0 amide bonds. The number of anilines is 1. The summed E-state index contributed by atoms with van der Waals surface area (Å²) in [4.78, 5) is 13.4. The Balaban J connectivity index is 2.01. The van der Waals surface area contributed by atoms with Crippen molar-refractivity contribution in [2.75, 3.05) is 23.9 Å².